The molecule has 186 valence electrons. The second-order valence-corrected chi connectivity index (χ2v) is 8.57. The number of hydrogen-bond acceptors (Lipinski definition) is 5. The van der Waals surface area contributed by atoms with E-state index in [9.17, 15) is 18.0 Å². The predicted octanol–water partition coefficient (Wildman–Crippen LogP) is 6.30. The Hall–Kier alpha value is -3.98. The number of halogens is 3. The van der Waals surface area contributed by atoms with E-state index in [1.54, 1.807) is 49.4 Å². The van der Waals surface area contributed by atoms with Crippen molar-refractivity contribution in [2.24, 2.45) is 0 Å². The summed E-state index contributed by atoms with van der Waals surface area (Å²) in [6.45, 7) is 2.76. The Morgan fingerprint density at radius 3 is 2.36 bits per heavy atom. The van der Waals surface area contributed by atoms with E-state index in [0.717, 1.165) is 17.2 Å². The molecule has 1 aromatic heterocycles. The minimum atomic E-state index is -4.57. The molecule has 0 unspecified atom stereocenters. The second-order valence-electron chi connectivity index (χ2n) is 8.57. The average molecular weight is 496 g/mol. The van der Waals surface area contributed by atoms with Gasteiger partial charge in [0.15, 0.2) is 0 Å². The minimum Gasteiger partial charge on any atom is -0.481 e. The van der Waals surface area contributed by atoms with Crippen LogP contribution < -0.4 is 0 Å². The SMILES string of the molecule is Cc1ccccc1-c1ccc(-c2nc(-c3ccc(CN(C)CCC(=O)O)cc3)no2)cc1C(F)(F)F. The van der Waals surface area contributed by atoms with Crippen molar-refractivity contribution in [3.05, 3.63) is 83.4 Å². The first-order chi connectivity index (χ1) is 17.1. The number of alkyl halides is 3. The molecule has 0 aliphatic heterocycles. The first kappa shape index (κ1) is 25.1. The zero-order valence-electron chi connectivity index (χ0n) is 19.7. The van der Waals surface area contributed by atoms with Gasteiger partial charge in [0.2, 0.25) is 5.82 Å². The van der Waals surface area contributed by atoms with Crippen LogP contribution in [0.3, 0.4) is 0 Å². The molecule has 6 nitrogen and oxygen atoms in total. The molecule has 0 aliphatic rings. The third kappa shape index (κ3) is 5.80. The fourth-order valence-electron chi connectivity index (χ4n) is 3.92. The van der Waals surface area contributed by atoms with Crippen LogP contribution in [0.1, 0.15) is 23.1 Å². The molecule has 36 heavy (non-hydrogen) atoms. The fourth-order valence-corrected chi connectivity index (χ4v) is 3.92. The number of aromatic nitrogens is 2. The van der Waals surface area contributed by atoms with Crippen molar-refractivity contribution < 1.29 is 27.6 Å². The van der Waals surface area contributed by atoms with Gasteiger partial charge in [0.1, 0.15) is 0 Å². The van der Waals surface area contributed by atoms with Crippen molar-refractivity contribution in [2.45, 2.75) is 26.1 Å². The van der Waals surface area contributed by atoms with Gasteiger partial charge in [0.05, 0.1) is 12.0 Å². The van der Waals surface area contributed by atoms with E-state index in [-0.39, 0.29) is 29.3 Å². The molecular formula is C27H24F3N3O3. The van der Waals surface area contributed by atoms with Gasteiger partial charge in [-0.15, -0.1) is 0 Å². The highest BCUT2D eigenvalue weighted by Gasteiger charge is 2.34. The van der Waals surface area contributed by atoms with Crippen molar-refractivity contribution in [1.29, 1.82) is 0 Å². The summed E-state index contributed by atoms with van der Waals surface area (Å²) >= 11 is 0. The minimum absolute atomic E-state index is 0.00989. The van der Waals surface area contributed by atoms with E-state index < -0.39 is 17.7 Å². The van der Waals surface area contributed by atoms with Crippen molar-refractivity contribution in [3.63, 3.8) is 0 Å². The van der Waals surface area contributed by atoms with Crippen LogP contribution in [0.25, 0.3) is 34.0 Å². The van der Waals surface area contributed by atoms with Crippen LogP contribution in [0.4, 0.5) is 13.2 Å². The Morgan fingerprint density at radius 1 is 1.00 bits per heavy atom. The quantitative estimate of drug-likeness (QED) is 0.309. The number of carboxylic acid groups (broad SMARTS) is 1. The summed E-state index contributed by atoms with van der Waals surface area (Å²) in [5, 5.41) is 12.7. The maximum Gasteiger partial charge on any atom is 0.417 e. The highest BCUT2D eigenvalue weighted by Crippen LogP contribution is 2.40. The highest BCUT2D eigenvalue weighted by molar-refractivity contribution is 5.74. The topological polar surface area (TPSA) is 79.5 Å². The Bertz CT molecular complexity index is 1360. The van der Waals surface area contributed by atoms with Gasteiger partial charge in [-0.05, 0) is 48.4 Å². The molecule has 4 rings (SSSR count). The van der Waals surface area contributed by atoms with Crippen LogP contribution in [0, 0.1) is 6.92 Å². The number of aryl methyl sites for hydroxylation is 1. The van der Waals surface area contributed by atoms with Crippen LogP contribution in [-0.2, 0) is 17.5 Å². The lowest BCUT2D eigenvalue weighted by molar-refractivity contribution is -0.138. The molecule has 0 radical (unpaired) electrons. The van der Waals surface area contributed by atoms with E-state index in [1.807, 2.05) is 24.1 Å². The second kappa shape index (κ2) is 10.3. The predicted molar refractivity (Wildman–Crippen MR) is 129 cm³/mol. The van der Waals surface area contributed by atoms with Crippen LogP contribution in [0.2, 0.25) is 0 Å². The van der Waals surface area contributed by atoms with Crippen LogP contribution in [0.15, 0.2) is 71.3 Å². The first-order valence-corrected chi connectivity index (χ1v) is 11.2. The summed E-state index contributed by atoms with van der Waals surface area (Å²) in [7, 11) is 1.84. The number of nitrogens with zero attached hydrogens (tertiary/aromatic N) is 3. The fraction of sp³-hybridized carbons (Fsp3) is 0.222. The summed E-state index contributed by atoms with van der Waals surface area (Å²) in [6.07, 6.45) is -4.51. The van der Waals surface area contributed by atoms with Gasteiger partial charge in [0.25, 0.3) is 5.89 Å². The summed E-state index contributed by atoms with van der Waals surface area (Å²) in [6, 6.07) is 18.2. The van der Waals surface area contributed by atoms with Crippen molar-refractivity contribution in [2.75, 3.05) is 13.6 Å². The third-order valence-corrected chi connectivity index (χ3v) is 5.81. The molecule has 3 aromatic carbocycles. The lowest BCUT2D eigenvalue weighted by Gasteiger charge is -2.15. The lowest BCUT2D eigenvalue weighted by atomic mass is 9.94. The molecule has 1 heterocycles. The van der Waals surface area contributed by atoms with Gasteiger partial charge in [-0.1, -0.05) is 59.8 Å². The van der Waals surface area contributed by atoms with Gasteiger partial charge in [-0.3, -0.25) is 4.79 Å². The molecule has 0 saturated carbocycles. The number of rotatable bonds is 8. The standard InChI is InChI=1S/C27H24F3N3O3/c1-17-5-3-4-6-21(17)22-12-11-20(15-23(22)27(28,29)30)26-31-25(32-36-26)19-9-7-18(8-10-19)16-33(2)14-13-24(34)35/h3-12,15H,13-14,16H2,1-2H3,(H,34,35). The number of carboxylic acids is 1. The Kier molecular flexibility index (Phi) is 7.21. The molecule has 9 heteroatoms. The molecule has 1 N–H and O–H groups in total. The maximum atomic E-state index is 13.9. The lowest BCUT2D eigenvalue weighted by Crippen LogP contribution is -2.21. The van der Waals surface area contributed by atoms with E-state index in [4.69, 9.17) is 9.63 Å². The number of hydrogen-bond donors (Lipinski definition) is 1. The molecule has 0 atom stereocenters. The smallest absolute Gasteiger partial charge is 0.417 e. The first-order valence-electron chi connectivity index (χ1n) is 11.2. The zero-order chi connectivity index (χ0) is 25.9. The third-order valence-electron chi connectivity index (χ3n) is 5.81. The van der Waals surface area contributed by atoms with Gasteiger partial charge in [-0.2, -0.15) is 18.2 Å². The van der Waals surface area contributed by atoms with Crippen molar-refractivity contribution in [3.8, 4) is 34.0 Å². The van der Waals surface area contributed by atoms with E-state index in [1.165, 1.54) is 6.07 Å². The van der Waals surface area contributed by atoms with Gasteiger partial charge < -0.3 is 14.5 Å². The summed E-state index contributed by atoms with van der Waals surface area (Å²) in [5.74, 6) is -0.603. The summed E-state index contributed by atoms with van der Waals surface area (Å²) < 4.78 is 47.1. The molecule has 0 amide bonds. The van der Waals surface area contributed by atoms with Crippen molar-refractivity contribution in [1.82, 2.24) is 15.0 Å². The monoisotopic (exact) mass is 495 g/mol. The molecular weight excluding hydrogens is 471 g/mol. The summed E-state index contributed by atoms with van der Waals surface area (Å²) in [5.41, 5.74) is 2.36. The summed E-state index contributed by atoms with van der Waals surface area (Å²) in [4.78, 5) is 16.9. The van der Waals surface area contributed by atoms with Gasteiger partial charge in [-0.25, -0.2) is 0 Å². The van der Waals surface area contributed by atoms with Crippen LogP contribution >= 0.6 is 0 Å². The number of carbonyl (C=O) groups is 1. The van der Waals surface area contributed by atoms with Crippen LogP contribution in [0.5, 0.6) is 0 Å². The number of aliphatic carboxylic acids is 1. The maximum absolute atomic E-state index is 13.9. The average Bonchev–Trinajstić information content (AvgIpc) is 3.33. The van der Waals surface area contributed by atoms with Gasteiger partial charge in [0, 0.05) is 24.2 Å². The Balaban J connectivity index is 1.57. The molecule has 0 aliphatic carbocycles. The van der Waals surface area contributed by atoms with Crippen molar-refractivity contribution >= 4 is 5.97 Å². The van der Waals surface area contributed by atoms with Gasteiger partial charge >= 0.3 is 12.1 Å². The highest BCUT2D eigenvalue weighted by atomic mass is 19.4. The van der Waals surface area contributed by atoms with E-state index >= 15 is 0 Å². The Morgan fingerprint density at radius 2 is 1.69 bits per heavy atom. The van der Waals surface area contributed by atoms with E-state index in [2.05, 4.69) is 10.1 Å². The van der Waals surface area contributed by atoms with E-state index in [0.29, 0.717) is 24.2 Å². The molecule has 0 bridgehead atoms. The number of benzene rings is 3. The van der Waals surface area contributed by atoms with Crippen LogP contribution in [-0.4, -0.2) is 39.7 Å². The molecule has 4 aromatic rings. The molecule has 0 fully saturated rings. The molecule has 0 saturated heterocycles. The zero-order valence-corrected chi connectivity index (χ0v) is 19.7. The molecule has 0 spiro atoms. The Labute approximate surface area is 206 Å². The largest absolute Gasteiger partial charge is 0.481 e. The normalized spacial score (nSPS) is 11.7.